The van der Waals surface area contributed by atoms with E-state index in [4.69, 9.17) is 0 Å². The van der Waals surface area contributed by atoms with E-state index >= 15 is 0 Å². The predicted molar refractivity (Wildman–Crippen MR) is 110 cm³/mol. The van der Waals surface area contributed by atoms with Crippen LogP contribution in [0.5, 0.6) is 0 Å². The molecule has 2 fully saturated rings. The molecule has 156 valence electrons. The van der Waals surface area contributed by atoms with Crippen molar-refractivity contribution in [3.63, 3.8) is 0 Å². The lowest BCUT2D eigenvalue weighted by Crippen LogP contribution is -2.44. The minimum absolute atomic E-state index is 0. The standard InChI is InChI=1S/C20H29FN4O2.ClH/c21-17-4-1-5-18(11-17)24-20(27)23-13-16-3-2-10-25(14-16)19(26)7-6-15-8-9-22-12-15;/h1,4-5,11,15-16,22H,2-3,6-10,12-14H2,(H2,23,24,27);1H. The first-order valence-electron chi connectivity index (χ1n) is 9.89. The van der Waals surface area contributed by atoms with E-state index in [1.807, 2.05) is 4.90 Å². The van der Waals surface area contributed by atoms with Gasteiger partial charge in [0, 0.05) is 31.7 Å². The Bertz CT molecular complexity index is 655. The van der Waals surface area contributed by atoms with E-state index in [0.717, 1.165) is 38.9 Å². The van der Waals surface area contributed by atoms with E-state index in [0.29, 0.717) is 31.1 Å². The third-order valence-corrected chi connectivity index (χ3v) is 5.43. The molecule has 8 heteroatoms. The van der Waals surface area contributed by atoms with Gasteiger partial charge in [-0.3, -0.25) is 4.79 Å². The number of hydrogen-bond acceptors (Lipinski definition) is 3. The molecule has 0 radical (unpaired) electrons. The van der Waals surface area contributed by atoms with Crippen LogP contribution in [0, 0.1) is 17.7 Å². The summed E-state index contributed by atoms with van der Waals surface area (Å²) in [5, 5.41) is 8.81. The quantitative estimate of drug-likeness (QED) is 0.672. The Morgan fingerprint density at radius 2 is 2.11 bits per heavy atom. The molecule has 1 aromatic rings. The van der Waals surface area contributed by atoms with Gasteiger partial charge in [0.2, 0.25) is 5.91 Å². The lowest BCUT2D eigenvalue weighted by molar-refractivity contribution is -0.133. The zero-order valence-corrected chi connectivity index (χ0v) is 16.9. The van der Waals surface area contributed by atoms with Gasteiger partial charge in [0.25, 0.3) is 0 Å². The monoisotopic (exact) mass is 412 g/mol. The van der Waals surface area contributed by atoms with Gasteiger partial charge in [0.1, 0.15) is 5.82 Å². The minimum atomic E-state index is -0.386. The zero-order chi connectivity index (χ0) is 19.1. The van der Waals surface area contributed by atoms with Crippen molar-refractivity contribution in [3.8, 4) is 0 Å². The van der Waals surface area contributed by atoms with E-state index < -0.39 is 0 Å². The molecule has 2 saturated heterocycles. The number of anilines is 1. The third-order valence-electron chi connectivity index (χ3n) is 5.43. The van der Waals surface area contributed by atoms with E-state index in [2.05, 4.69) is 16.0 Å². The Balaban J connectivity index is 0.00000280. The summed E-state index contributed by atoms with van der Waals surface area (Å²) in [5.41, 5.74) is 0.425. The molecule has 2 aliphatic heterocycles. The summed E-state index contributed by atoms with van der Waals surface area (Å²) in [4.78, 5) is 26.4. The fraction of sp³-hybridized carbons (Fsp3) is 0.600. The number of amides is 3. The van der Waals surface area contributed by atoms with Crippen LogP contribution in [-0.2, 0) is 4.79 Å². The highest BCUT2D eigenvalue weighted by atomic mass is 35.5. The van der Waals surface area contributed by atoms with Gasteiger partial charge in [-0.2, -0.15) is 0 Å². The van der Waals surface area contributed by atoms with Crippen LogP contribution in [0.25, 0.3) is 0 Å². The van der Waals surface area contributed by atoms with Crippen LogP contribution in [0.4, 0.5) is 14.9 Å². The van der Waals surface area contributed by atoms with E-state index in [-0.39, 0.29) is 36.1 Å². The number of rotatable bonds is 6. The highest BCUT2D eigenvalue weighted by Gasteiger charge is 2.25. The van der Waals surface area contributed by atoms with Crippen LogP contribution in [0.3, 0.4) is 0 Å². The maximum atomic E-state index is 13.2. The maximum absolute atomic E-state index is 13.2. The molecule has 3 amide bonds. The minimum Gasteiger partial charge on any atom is -0.342 e. The van der Waals surface area contributed by atoms with Crippen LogP contribution >= 0.6 is 12.4 Å². The van der Waals surface area contributed by atoms with Gasteiger partial charge in [0.15, 0.2) is 0 Å². The van der Waals surface area contributed by atoms with E-state index in [9.17, 15) is 14.0 Å². The molecule has 3 N–H and O–H groups in total. The highest BCUT2D eigenvalue weighted by molar-refractivity contribution is 5.89. The van der Waals surface area contributed by atoms with Gasteiger partial charge >= 0.3 is 6.03 Å². The van der Waals surface area contributed by atoms with Crippen molar-refractivity contribution in [3.05, 3.63) is 30.1 Å². The predicted octanol–water partition coefficient (Wildman–Crippen LogP) is 3.00. The summed E-state index contributed by atoms with van der Waals surface area (Å²) in [6.07, 6.45) is 4.71. The Morgan fingerprint density at radius 1 is 1.25 bits per heavy atom. The molecule has 0 bridgehead atoms. The summed E-state index contributed by atoms with van der Waals surface area (Å²) in [7, 11) is 0. The molecule has 0 spiro atoms. The van der Waals surface area contributed by atoms with Gasteiger partial charge in [-0.15, -0.1) is 12.4 Å². The molecule has 1 aromatic carbocycles. The third kappa shape index (κ3) is 6.95. The molecule has 3 rings (SSSR count). The number of likely N-dealkylation sites (tertiary alicyclic amines) is 1. The average Bonchev–Trinajstić information content (AvgIpc) is 3.18. The fourth-order valence-corrected chi connectivity index (χ4v) is 3.88. The Labute approximate surface area is 172 Å². The lowest BCUT2D eigenvalue weighted by Gasteiger charge is -2.33. The van der Waals surface area contributed by atoms with Crippen LogP contribution in [-0.4, -0.2) is 49.6 Å². The number of piperidine rings is 1. The second kappa shape index (κ2) is 11.2. The maximum Gasteiger partial charge on any atom is 0.319 e. The van der Waals surface area contributed by atoms with Crippen LogP contribution in [0.15, 0.2) is 24.3 Å². The molecular formula is C20H30ClFN4O2. The van der Waals surface area contributed by atoms with Crippen molar-refractivity contribution >= 4 is 30.0 Å². The van der Waals surface area contributed by atoms with Crippen LogP contribution < -0.4 is 16.0 Å². The lowest BCUT2D eigenvalue weighted by atomic mass is 9.96. The largest absolute Gasteiger partial charge is 0.342 e. The van der Waals surface area contributed by atoms with Gasteiger partial charge in [-0.05, 0) is 68.8 Å². The van der Waals surface area contributed by atoms with Crippen molar-refractivity contribution in [2.45, 2.75) is 32.1 Å². The van der Waals surface area contributed by atoms with Crippen molar-refractivity contribution in [1.29, 1.82) is 0 Å². The molecule has 6 nitrogen and oxygen atoms in total. The first-order valence-corrected chi connectivity index (χ1v) is 9.89. The number of benzene rings is 1. The summed E-state index contributed by atoms with van der Waals surface area (Å²) >= 11 is 0. The van der Waals surface area contributed by atoms with Crippen molar-refractivity contribution < 1.29 is 14.0 Å². The van der Waals surface area contributed by atoms with Gasteiger partial charge in [0.05, 0.1) is 0 Å². The highest BCUT2D eigenvalue weighted by Crippen LogP contribution is 2.20. The van der Waals surface area contributed by atoms with E-state index in [1.54, 1.807) is 12.1 Å². The molecule has 0 saturated carbocycles. The molecule has 2 unspecified atom stereocenters. The normalized spacial score (nSPS) is 21.7. The Morgan fingerprint density at radius 3 is 2.86 bits per heavy atom. The van der Waals surface area contributed by atoms with Crippen LogP contribution in [0.1, 0.15) is 32.1 Å². The number of hydrogen-bond donors (Lipinski definition) is 3. The molecule has 0 aromatic heterocycles. The first kappa shape index (κ1) is 22.4. The number of nitrogens with one attached hydrogen (secondary N) is 3. The Kier molecular flexibility index (Phi) is 8.99. The van der Waals surface area contributed by atoms with Crippen molar-refractivity contribution in [2.24, 2.45) is 11.8 Å². The SMILES string of the molecule is Cl.O=C(NCC1CCCN(C(=O)CCC2CCNC2)C1)Nc1cccc(F)c1. The topological polar surface area (TPSA) is 73.5 Å². The second-order valence-corrected chi connectivity index (χ2v) is 7.59. The smallest absolute Gasteiger partial charge is 0.319 e. The van der Waals surface area contributed by atoms with Gasteiger partial charge < -0.3 is 20.9 Å². The molecule has 2 heterocycles. The number of nitrogens with zero attached hydrogens (tertiary/aromatic N) is 1. The zero-order valence-electron chi connectivity index (χ0n) is 16.1. The molecule has 2 atom stereocenters. The summed E-state index contributed by atoms with van der Waals surface area (Å²) in [6, 6.07) is 5.46. The summed E-state index contributed by atoms with van der Waals surface area (Å²) < 4.78 is 13.2. The van der Waals surface area contributed by atoms with Crippen molar-refractivity contribution in [2.75, 3.05) is 38.0 Å². The van der Waals surface area contributed by atoms with E-state index in [1.165, 1.54) is 18.6 Å². The van der Waals surface area contributed by atoms with Crippen molar-refractivity contribution in [1.82, 2.24) is 15.5 Å². The molecule has 0 aliphatic carbocycles. The number of carbonyl (C=O) groups excluding carboxylic acids is 2. The fourth-order valence-electron chi connectivity index (χ4n) is 3.88. The second-order valence-electron chi connectivity index (χ2n) is 7.59. The first-order chi connectivity index (χ1) is 13.1. The summed E-state index contributed by atoms with van der Waals surface area (Å²) in [6.45, 7) is 4.11. The average molecular weight is 413 g/mol. The molecule has 28 heavy (non-hydrogen) atoms. The number of carbonyl (C=O) groups is 2. The Hall–Kier alpha value is -1.86. The molecule has 2 aliphatic rings. The summed E-state index contributed by atoms with van der Waals surface area (Å²) in [5.74, 6) is 0.732. The number of urea groups is 1. The van der Waals surface area contributed by atoms with Gasteiger partial charge in [-0.1, -0.05) is 6.07 Å². The molecular weight excluding hydrogens is 383 g/mol. The number of halogens is 2. The van der Waals surface area contributed by atoms with Crippen LogP contribution in [0.2, 0.25) is 0 Å². The van der Waals surface area contributed by atoms with Gasteiger partial charge in [-0.25, -0.2) is 9.18 Å².